The van der Waals surface area contributed by atoms with E-state index in [4.69, 9.17) is 10.2 Å². The van der Waals surface area contributed by atoms with Crippen molar-refractivity contribution in [1.29, 1.82) is 0 Å². The number of aliphatic hydroxyl groups is 1. The van der Waals surface area contributed by atoms with Gasteiger partial charge in [0.2, 0.25) is 11.6 Å². The van der Waals surface area contributed by atoms with Crippen molar-refractivity contribution in [3.05, 3.63) is 35.4 Å². The molecule has 0 radical (unpaired) electrons. The van der Waals surface area contributed by atoms with Crippen LogP contribution in [-0.2, 0) is 0 Å². The highest BCUT2D eigenvalue weighted by molar-refractivity contribution is 5.59. The number of hydrogen-bond acceptors (Lipinski definition) is 2. The molecule has 14 heavy (non-hydrogen) atoms. The van der Waals surface area contributed by atoms with Gasteiger partial charge in [0.1, 0.15) is 5.76 Å². The molecule has 1 aromatic carbocycles. The van der Waals surface area contributed by atoms with Gasteiger partial charge in [0, 0.05) is 0 Å². The molecule has 0 unspecified atom stereocenters. The average Bonchev–Trinajstić information content (AvgIpc) is 2.11. The van der Waals surface area contributed by atoms with Gasteiger partial charge >= 0.3 is 0 Å². The van der Waals surface area contributed by atoms with Crippen molar-refractivity contribution in [3.8, 4) is 5.75 Å². The molecule has 0 fully saturated rings. The van der Waals surface area contributed by atoms with Crippen molar-refractivity contribution in [2.24, 2.45) is 0 Å². The lowest BCUT2D eigenvalue weighted by Crippen LogP contribution is -2.02. The summed E-state index contributed by atoms with van der Waals surface area (Å²) in [6, 6.07) is 0. The van der Waals surface area contributed by atoms with Gasteiger partial charge in [-0.3, -0.25) is 0 Å². The Kier molecular flexibility index (Phi) is 2.37. The van der Waals surface area contributed by atoms with Crippen LogP contribution in [-0.4, -0.2) is 10.2 Å². The number of aromatic hydroxyl groups is 1. The molecule has 0 aliphatic carbocycles. The topological polar surface area (TPSA) is 40.5 Å². The maximum atomic E-state index is 12.8. The van der Waals surface area contributed by atoms with E-state index < -0.39 is 40.3 Å². The molecule has 1 rings (SSSR count). The van der Waals surface area contributed by atoms with Gasteiger partial charge in [0.15, 0.2) is 17.4 Å². The highest BCUT2D eigenvalue weighted by atomic mass is 19.2. The fraction of sp³-hybridized carbons (Fsp3) is 0. The lowest BCUT2D eigenvalue weighted by atomic mass is 10.1. The molecule has 1 aromatic rings. The summed E-state index contributed by atoms with van der Waals surface area (Å²) >= 11 is 0. The van der Waals surface area contributed by atoms with Crippen molar-refractivity contribution in [3.63, 3.8) is 0 Å². The van der Waals surface area contributed by atoms with Gasteiger partial charge in [-0.25, -0.2) is 8.78 Å². The van der Waals surface area contributed by atoms with E-state index in [1.165, 1.54) is 0 Å². The van der Waals surface area contributed by atoms with E-state index in [1.807, 2.05) is 0 Å². The van der Waals surface area contributed by atoms with E-state index in [-0.39, 0.29) is 0 Å². The first-order chi connectivity index (χ1) is 6.37. The molecular weight excluding hydrogens is 204 g/mol. The molecule has 0 aliphatic heterocycles. The largest absolute Gasteiger partial charge is 0.508 e. The summed E-state index contributed by atoms with van der Waals surface area (Å²) in [7, 11) is 0. The van der Waals surface area contributed by atoms with Gasteiger partial charge < -0.3 is 10.2 Å². The zero-order valence-corrected chi connectivity index (χ0v) is 6.61. The van der Waals surface area contributed by atoms with E-state index in [9.17, 15) is 17.6 Å². The van der Waals surface area contributed by atoms with Crippen molar-refractivity contribution < 1.29 is 27.8 Å². The highest BCUT2D eigenvalue weighted by Gasteiger charge is 2.26. The third-order valence-electron chi connectivity index (χ3n) is 1.53. The summed E-state index contributed by atoms with van der Waals surface area (Å²) < 4.78 is 50.8. The Morgan fingerprint density at radius 2 is 1.29 bits per heavy atom. The van der Waals surface area contributed by atoms with Gasteiger partial charge in [-0.15, -0.1) is 0 Å². The Labute approximate surface area is 75.7 Å². The summed E-state index contributed by atoms with van der Waals surface area (Å²) in [4.78, 5) is 0. The highest BCUT2D eigenvalue weighted by Crippen LogP contribution is 2.31. The van der Waals surface area contributed by atoms with Gasteiger partial charge in [-0.05, 0) is 0 Å². The van der Waals surface area contributed by atoms with Gasteiger partial charge in [-0.1, -0.05) is 6.58 Å². The fourth-order valence-corrected chi connectivity index (χ4v) is 0.873. The minimum absolute atomic E-state index is 1.17. The Hall–Kier alpha value is -1.72. The number of aliphatic hydroxyl groups excluding tert-OH is 1. The van der Waals surface area contributed by atoms with Crippen molar-refractivity contribution in [2.75, 3.05) is 0 Å². The molecule has 0 heterocycles. The van der Waals surface area contributed by atoms with E-state index in [0.717, 1.165) is 0 Å². The van der Waals surface area contributed by atoms with E-state index in [1.54, 1.807) is 0 Å². The number of benzene rings is 1. The zero-order chi connectivity index (χ0) is 11.0. The molecule has 0 amide bonds. The SMILES string of the molecule is C=C(O)c1c(F)c(F)c(O)c(F)c1F. The summed E-state index contributed by atoms with van der Waals surface area (Å²) in [6.07, 6.45) is 0. The first kappa shape index (κ1) is 10.4. The number of rotatable bonds is 1. The lowest BCUT2D eigenvalue weighted by molar-refractivity contribution is 0.351. The normalized spacial score (nSPS) is 10.3. The molecule has 0 atom stereocenters. The van der Waals surface area contributed by atoms with Crippen LogP contribution in [0.15, 0.2) is 6.58 Å². The van der Waals surface area contributed by atoms with Crippen LogP contribution < -0.4 is 0 Å². The van der Waals surface area contributed by atoms with Crippen LogP contribution in [0.5, 0.6) is 5.75 Å². The predicted octanol–water partition coefficient (Wildman–Crippen LogP) is 2.48. The Bertz CT molecular complexity index is 385. The quantitative estimate of drug-likeness (QED) is 0.422. The van der Waals surface area contributed by atoms with Gasteiger partial charge in [0.05, 0.1) is 5.56 Å². The summed E-state index contributed by atoms with van der Waals surface area (Å²) in [5, 5.41) is 17.2. The number of phenols is 1. The lowest BCUT2D eigenvalue weighted by Gasteiger charge is -2.06. The first-order valence-corrected chi connectivity index (χ1v) is 3.31. The Morgan fingerprint density at radius 3 is 1.57 bits per heavy atom. The molecule has 0 bridgehead atoms. The molecule has 76 valence electrons. The second-order valence-electron chi connectivity index (χ2n) is 2.43. The summed E-state index contributed by atoms with van der Waals surface area (Å²) in [5.74, 6) is -10.7. The predicted molar refractivity (Wildman–Crippen MR) is 39.6 cm³/mol. The number of hydrogen-bond donors (Lipinski definition) is 2. The van der Waals surface area contributed by atoms with E-state index in [2.05, 4.69) is 6.58 Å². The van der Waals surface area contributed by atoms with Crippen LogP contribution >= 0.6 is 0 Å². The molecule has 2 nitrogen and oxygen atoms in total. The molecule has 0 spiro atoms. The Morgan fingerprint density at radius 1 is 0.929 bits per heavy atom. The molecule has 0 aromatic heterocycles. The van der Waals surface area contributed by atoms with Crippen LogP contribution in [0, 0.1) is 23.3 Å². The maximum Gasteiger partial charge on any atom is 0.204 e. The van der Waals surface area contributed by atoms with Crippen LogP contribution in [0.1, 0.15) is 5.56 Å². The van der Waals surface area contributed by atoms with Crippen molar-refractivity contribution in [1.82, 2.24) is 0 Å². The fourth-order valence-electron chi connectivity index (χ4n) is 0.873. The smallest absolute Gasteiger partial charge is 0.204 e. The summed E-state index contributed by atoms with van der Waals surface area (Å²) in [5.41, 5.74) is -1.34. The minimum Gasteiger partial charge on any atom is -0.508 e. The van der Waals surface area contributed by atoms with E-state index in [0.29, 0.717) is 0 Å². The molecule has 6 heteroatoms. The van der Waals surface area contributed by atoms with E-state index >= 15 is 0 Å². The van der Waals surface area contributed by atoms with Crippen LogP contribution in [0.3, 0.4) is 0 Å². The van der Waals surface area contributed by atoms with Crippen molar-refractivity contribution >= 4 is 5.76 Å². The monoisotopic (exact) mass is 208 g/mol. The van der Waals surface area contributed by atoms with Gasteiger partial charge in [0.25, 0.3) is 0 Å². The zero-order valence-electron chi connectivity index (χ0n) is 6.61. The second-order valence-corrected chi connectivity index (χ2v) is 2.43. The molecule has 0 saturated carbocycles. The van der Waals surface area contributed by atoms with Crippen LogP contribution in [0.25, 0.3) is 5.76 Å². The maximum absolute atomic E-state index is 12.8. The number of halogens is 4. The minimum atomic E-state index is -1.98. The molecule has 0 aliphatic rings. The van der Waals surface area contributed by atoms with Crippen LogP contribution in [0.4, 0.5) is 17.6 Å². The average molecular weight is 208 g/mol. The standard InChI is InChI=1S/C8H4F4O2/c1-2(13)3-4(9)6(11)8(14)7(12)5(3)10/h13-14H,1H2. The summed E-state index contributed by atoms with van der Waals surface area (Å²) in [6.45, 7) is 2.72. The molecular formula is C8H4F4O2. The van der Waals surface area contributed by atoms with Crippen LogP contribution in [0.2, 0.25) is 0 Å². The first-order valence-electron chi connectivity index (χ1n) is 3.31. The van der Waals surface area contributed by atoms with Crippen molar-refractivity contribution in [2.45, 2.75) is 0 Å². The third-order valence-corrected chi connectivity index (χ3v) is 1.53. The number of phenolic OH excluding ortho intramolecular Hbond substituents is 1. The van der Waals surface area contributed by atoms with Gasteiger partial charge in [-0.2, -0.15) is 8.78 Å². The molecule has 0 saturated heterocycles. The third kappa shape index (κ3) is 1.28. The molecule has 2 N–H and O–H groups in total. The second kappa shape index (κ2) is 3.21. The Balaban J connectivity index is 3.68.